The van der Waals surface area contributed by atoms with Crippen molar-refractivity contribution in [3.8, 4) is 0 Å². The van der Waals surface area contributed by atoms with Crippen LogP contribution in [0, 0.1) is 0 Å². The van der Waals surface area contributed by atoms with Crippen LogP contribution in [0.25, 0.3) is 0 Å². The highest BCUT2D eigenvalue weighted by Gasteiger charge is 2.13. The maximum atomic E-state index is 9.41. The van der Waals surface area contributed by atoms with Crippen molar-refractivity contribution >= 4 is 11.8 Å². The van der Waals surface area contributed by atoms with Gasteiger partial charge in [0.2, 0.25) is 0 Å². The summed E-state index contributed by atoms with van der Waals surface area (Å²) in [7, 11) is 0. The van der Waals surface area contributed by atoms with Gasteiger partial charge in [-0.15, -0.1) is 11.8 Å². The largest absolute Gasteiger partial charge is 0.389 e. The highest BCUT2D eigenvalue weighted by atomic mass is 32.2. The lowest BCUT2D eigenvalue weighted by Gasteiger charge is -2.17. The number of rotatable bonds is 2. The van der Waals surface area contributed by atoms with Crippen LogP contribution in [0.5, 0.6) is 0 Å². The average Bonchev–Trinajstić information content (AvgIpc) is 2.01. The van der Waals surface area contributed by atoms with Crippen LogP contribution in [0.4, 0.5) is 0 Å². The van der Waals surface area contributed by atoms with Crippen molar-refractivity contribution in [3.63, 3.8) is 0 Å². The molecule has 0 aromatic carbocycles. The molecule has 1 aromatic rings. The van der Waals surface area contributed by atoms with Gasteiger partial charge in [-0.05, 0) is 24.6 Å². The Morgan fingerprint density at radius 2 is 2.07 bits per heavy atom. The van der Waals surface area contributed by atoms with E-state index in [2.05, 4.69) is 25.8 Å². The SMILES string of the molecule is C[C@H](O)c1ccnc(SC(C)(C)C)c1. The number of hydrogen-bond donors (Lipinski definition) is 1. The molecule has 1 heterocycles. The predicted molar refractivity (Wildman–Crippen MR) is 60.5 cm³/mol. The van der Waals surface area contributed by atoms with Crippen LogP contribution in [0.2, 0.25) is 0 Å². The monoisotopic (exact) mass is 211 g/mol. The third kappa shape index (κ3) is 3.68. The molecule has 0 radical (unpaired) electrons. The van der Waals surface area contributed by atoms with E-state index in [1.807, 2.05) is 12.1 Å². The molecule has 1 N–H and O–H groups in total. The second-order valence-corrected chi connectivity index (χ2v) is 6.16. The fraction of sp³-hybridized carbons (Fsp3) is 0.545. The van der Waals surface area contributed by atoms with Gasteiger partial charge in [0.25, 0.3) is 0 Å². The molecular formula is C11H17NOS. The molecule has 0 aliphatic carbocycles. The molecule has 1 aromatic heterocycles. The molecule has 3 heteroatoms. The molecule has 0 amide bonds. The van der Waals surface area contributed by atoms with Gasteiger partial charge in [-0.25, -0.2) is 4.98 Å². The van der Waals surface area contributed by atoms with Crippen LogP contribution in [0.3, 0.4) is 0 Å². The first-order chi connectivity index (χ1) is 6.38. The number of thioether (sulfide) groups is 1. The summed E-state index contributed by atoms with van der Waals surface area (Å²) in [5.74, 6) is 0. The third-order valence-corrected chi connectivity index (χ3v) is 2.70. The van der Waals surface area contributed by atoms with E-state index in [-0.39, 0.29) is 4.75 Å². The zero-order valence-corrected chi connectivity index (χ0v) is 9.93. The first kappa shape index (κ1) is 11.5. The zero-order chi connectivity index (χ0) is 10.8. The molecule has 0 saturated carbocycles. The molecule has 0 saturated heterocycles. The molecule has 78 valence electrons. The van der Waals surface area contributed by atoms with E-state index in [1.54, 1.807) is 24.9 Å². The van der Waals surface area contributed by atoms with Crippen LogP contribution < -0.4 is 0 Å². The normalized spacial score (nSPS) is 14.1. The van der Waals surface area contributed by atoms with Gasteiger partial charge in [0.15, 0.2) is 0 Å². The predicted octanol–water partition coefficient (Wildman–Crippen LogP) is 3.03. The molecule has 0 unspecified atom stereocenters. The van der Waals surface area contributed by atoms with Crippen molar-refractivity contribution < 1.29 is 5.11 Å². The van der Waals surface area contributed by atoms with Crippen molar-refractivity contribution in [1.82, 2.24) is 4.98 Å². The lowest BCUT2D eigenvalue weighted by atomic mass is 10.2. The number of aliphatic hydroxyl groups is 1. The van der Waals surface area contributed by atoms with Gasteiger partial charge < -0.3 is 5.11 Å². The van der Waals surface area contributed by atoms with Gasteiger partial charge >= 0.3 is 0 Å². The van der Waals surface area contributed by atoms with Gasteiger partial charge in [0.1, 0.15) is 0 Å². The molecule has 1 atom stereocenters. The van der Waals surface area contributed by atoms with E-state index < -0.39 is 6.10 Å². The van der Waals surface area contributed by atoms with Gasteiger partial charge in [0.05, 0.1) is 11.1 Å². The number of pyridine rings is 1. The Morgan fingerprint density at radius 1 is 1.43 bits per heavy atom. The first-order valence-corrected chi connectivity index (χ1v) is 5.53. The van der Waals surface area contributed by atoms with E-state index in [0.717, 1.165) is 10.6 Å². The van der Waals surface area contributed by atoms with Crippen molar-refractivity contribution in [2.24, 2.45) is 0 Å². The van der Waals surface area contributed by atoms with E-state index in [1.165, 1.54) is 0 Å². The first-order valence-electron chi connectivity index (χ1n) is 4.71. The molecule has 0 bridgehead atoms. The summed E-state index contributed by atoms with van der Waals surface area (Å²) in [6, 6.07) is 3.79. The van der Waals surface area contributed by atoms with Crippen LogP contribution in [-0.2, 0) is 0 Å². The summed E-state index contributed by atoms with van der Waals surface area (Å²) in [6.45, 7) is 8.21. The van der Waals surface area contributed by atoms with Crippen molar-refractivity contribution in [2.75, 3.05) is 0 Å². The van der Waals surface area contributed by atoms with Gasteiger partial charge in [-0.3, -0.25) is 0 Å². The van der Waals surface area contributed by atoms with Crippen LogP contribution in [0.1, 0.15) is 39.4 Å². The van der Waals surface area contributed by atoms with Gasteiger partial charge in [0, 0.05) is 10.9 Å². The fourth-order valence-electron chi connectivity index (χ4n) is 1.05. The average molecular weight is 211 g/mol. The molecule has 0 fully saturated rings. The number of nitrogens with zero attached hydrogens (tertiary/aromatic N) is 1. The second-order valence-electron chi connectivity index (χ2n) is 4.32. The van der Waals surface area contributed by atoms with Crippen molar-refractivity contribution in [2.45, 2.75) is 43.6 Å². The second kappa shape index (κ2) is 4.32. The van der Waals surface area contributed by atoms with E-state index in [4.69, 9.17) is 0 Å². The Kier molecular flexibility index (Phi) is 3.56. The summed E-state index contributed by atoms with van der Waals surface area (Å²) >= 11 is 1.71. The van der Waals surface area contributed by atoms with Crippen molar-refractivity contribution in [3.05, 3.63) is 23.9 Å². The lowest BCUT2D eigenvalue weighted by molar-refractivity contribution is 0.199. The quantitative estimate of drug-likeness (QED) is 0.763. The molecule has 14 heavy (non-hydrogen) atoms. The smallest absolute Gasteiger partial charge is 0.0968 e. The number of aromatic nitrogens is 1. The van der Waals surface area contributed by atoms with Crippen LogP contribution in [0.15, 0.2) is 23.4 Å². The summed E-state index contributed by atoms with van der Waals surface area (Å²) in [5, 5.41) is 10.4. The Morgan fingerprint density at radius 3 is 2.57 bits per heavy atom. The Hall–Kier alpha value is -0.540. The number of aliphatic hydroxyl groups excluding tert-OH is 1. The van der Waals surface area contributed by atoms with Crippen molar-refractivity contribution in [1.29, 1.82) is 0 Å². The van der Waals surface area contributed by atoms with Crippen LogP contribution >= 0.6 is 11.8 Å². The van der Waals surface area contributed by atoms with E-state index in [0.29, 0.717) is 0 Å². The highest BCUT2D eigenvalue weighted by molar-refractivity contribution is 8.00. The standard InChI is InChI=1S/C11H17NOS/c1-8(13)9-5-6-12-10(7-9)14-11(2,3)4/h5-8,13H,1-4H3/t8-/m0/s1. The summed E-state index contributed by atoms with van der Waals surface area (Å²) in [6.07, 6.45) is 1.33. The van der Waals surface area contributed by atoms with Gasteiger partial charge in [-0.2, -0.15) is 0 Å². The summed E-state index contributed by atoms with van der Waals surface area (Å²) < 4.78 is 0.157. The Labute approximate surface area is 89.8 Å². The highest BCUT2D eigenvalue weighted by Crippen LogP contribution is 2.31. The zero-order valence-electron chi connectivity index (χ0n) is 9.11. The summed E-state index contributed by atoms with van der Waals surface area (Å²) in [4.78, 5) is 4.26. The topological polar surface area (TPSA) is 33.1 Å². The Balaban J connectivity index is 2.84. The molecule has 0 aliphatic heterocycles. The van der Waals surface area contributed by atoms with E-state index in [9.17, 15) is 5.11 Å². The minimum Gasteiger partial charge on any atom is -0.389 e. The van der Waals surface area contributed by atoms with E-state index >= 15 is 0 Å². The minimum absolute atomic E-state index is 0.157. The third-order valence-electron chi connectivity index (χ3n) is 1.65. The molecular weight excluding hydrogens is 194 g/mol. The Bertz CT molecular complexity index is 304. The maximum absolute atomic E-state index is 9.41. The van der Waals surface area contributed by atoms with Crippen LogP contribution in [-0.4, -0.2) is 14.8 Å². The summed E-state index contributed by atoms with van der Waals surface area (Å²) in [5.41, 5.74) is 0.923. The fourth-order valence-corrected chi connectivity index (χ4v) is 1.99. The lowest BCUT2D eigenvalue weighted by Crippen LogP contribution is -2.07. The van der Waals surface area contributed by atoms with Gasteiger partial charge in [-0.1, -0.05) is 20.8 Å². The maximum Gasteiger partial charge on any atom is 0.0968 e. The minimum atomic E-state index is -0.419. The molecule has 1 rings (SSSR count). The number of hydrogen-bond acceptors (Lipinski definition) is 3. The molecule has 2 nitrogen and oxygen atoms in total. The molecule has 0 aliphatic rings. The molecule has 0 spiro atoms.